The summed E-state index contributed by atoms with van der Waals surface area (Å²) in [5, 5.41) is 0. The molecular formula is C13H14O2. The van der Waals surface area contributed by atoms with Crippen molar-refractivity contribution in [2.75, 3.05) is 0 Å². The van der Waals surface area contributed by atoms with Gasteiger partial charge in [-0.2, -0.15) is 0 Å². The zero-order valence-electron chi connectivity index (χ0n) is 8.77. The van der Waals surface area contributed by atoms with E-state index in [1.54, 1.807) is 0 Å². The maximum absolute atomic E-state index is 12.1. The van der Waals surface area contributed by atoms with Crippen LogP contribution in [0.3, 0.4) is 0 Å². The van der Waals surface area contributed by atoms with Crippen LogP contribution in [-0.4, -0.2) is 11.6 Å². The number of carbonyl (C=O) groups is 2. The van der Waals surface area contributed by atoms with E-state index < -0.39 is 0 Å². The Morgan fingerprint density at radius 3 is 2.80 bits per heavy atom. The van der Waals surface area contributed by atoms with Gasteiger partial charge in [-0.05, 0) is 24.2 Å². The summed E-state index contributed by atoms with van der Waals surface area (Å²) >= 11 is 0. The quantitative estimate of drug-likeness (QED) is 0.506. The molecule has 0 saturated heterocycles. The third kappa shape index (κ3) is 1.05. The van der Waals surface area contributed by atoms with Gasteiger partial charge in [0.2, 0.25) is 0 Å². The molecule has 0 spiro atoms. The van der Waals surface area contributed by atoms with E-state index in [9.17, 15) is 9.59 Å². The van der Waals surface area contributed by atoms with Crippen molar-refractivity contribution in [2.45, 2.75) is 19.8 Å². The fourth-order valence-electron chi connectivity index (χ4n) is 3.33. The minimum atomic E-state index is 0.0220. The number of ketones is 2. The van der Waals surface area contributed by atoms with Gasteiger partial charge >= 0.3 is 0 Å². The first-order valence-electron chi connectivity index (χ1n) is 5.70. The Hall–Kier alpha value is -1.18. The van der Waals surface area contributed by atoms with Crippen molar-refractivity contribution in [2.24, 2.45) is 23.7 Å². The smallest absolute Gasteiger partial charge is 0.170 e. The fourth-order valence-corrected chi connectivity index (χ4v) is 3.33. The number of Topliss-reactive ketones (excluding diaryl/α,β-unsaturated/α-hetero) is 2. The molecule has 0 aliphatic heterocycles. The SMILES string of the molecule is CCC(=O)C1=CC2C3C=CC(C3)C2C1=O. The molecule has 0 amide bonds. The van der Waals surface area contributed by atoms with Gasteiger partial charge in [0.15, 0.2) is 11.6 Å². The molecule has 0 N–H and O–H groups in total. The molecule has 1 fully saturated rings. The molecule has 15 heavy (non-hydrogen) atoms. The number of fused-ring (bicyclic) bond motifs is 5. The van der Waals surface area contributed by atoms with Crippen LogP contribution in [0.1, 0.15) is 19.8 Å². The van der Waals surface area contributed by atoms with Crippen molar-refractivity contribution in [1.29, 1.82) is 0 Å². The van der Waals surface area contributed by atoms with E-state index in [4.69, 9.17) is 0 Å². The third-order valence-electron chi connectivity index (χ3n) is 4.07. The van der Waals surface area contributed by atoms with Gasteiger partial charge in [0.1, 0.15) is 0 Å². The highest BCUT2D eigenvalue weighted by Crippen LogP contribution is 2.53. The van der Waals surface area contributed by atoms with E-state index in [1.165, 1.54) is 0 Å². The van der Waals surface area contributed by atoms with Crippen LogP contribution in [0, 0.1) is 23.7 Å². The molecule has 3 aliphatic carbocycles. The summed E-state index contributed by atoms with van der Waals surface area (Å²) in [6, 6.07) is 0. The number of hydrogen-bond donors (Lipinski definition) is 0. The average Bonchev–Trinajstić information content (AvgIpc) is 2.89. The van der Waals surface area contributed by atoms with E-state index in [1.807, 2.05) is 13.0 Å². The molecule has 1 saturated carbocycles. The normalized spacial score (nSPS) is 40.9. The van der Waals surface area contributed by atoms with Crippen LogP contribution in [0.5, 0.6) is 0 Å². The molecule has 3 rings (SSSR count). The van der Waals surface area contributed by atoms with Gasteiger partial charge in [0, 0.05) is 12.3 Å². The first kappa shape index (κ1) is 9.08. The molecule has 4 unspecified atom stereocenters. The van der Waals surface area contributed by atoms with Gasteiger partial charge < -0.3 is 0 Å². The van der Waals surface area contributed by atoms with Gasteiger partial charge in [0.25, 0.3) is 0 Å². The minimum Gasteiger partial charge on any atom is -0.294 e. The summed E-state index contributed by atoms with van der Waals surface area (Å²) in [4.78, 5) is 23.6. The highest BCUT2D eigenvalue weighted by atomic mass is 16.1. The Morgan fingerprint density at radius 1 is 1.40 bits per heavy atom. The van der Waals surface area contributed by atoms with E-state index in [-0.39, 0.29) is 17.5 Å². The fraction of sp³-hybridized carbons (Fsp3) is 0.538. The monoisotopic (exact) mass is 202 g/mol. The Morgan fingerprint density at radius 2 is 2.13 bits per heavy atom. The van der Waals surface area contributed by atoms with Gasteiger partial charge in [-0.1, -0.05) is 25.2 Å². The van der Waals surface area contributed by atoms with Crippen molar-refractivity contribution < 1.29 is 9.59 Å². The van der Waals surface area contributed by atoms with Crippen molar-refractivity contribution in [3.8, 4) is 0 Å². The number of allylic oxidation sites excluding steroid dienone is 4. The molecule has 2 nitrogen and oxygen atoms in total. The highest BCUT2D eigenvalue weighted by Gasteiger charge is 2.51. The van der Waals surface area contributed by atoms with Crippen molar-refractivity contribution in [3.63, 3.8) is 0 Å². The molecule has 2 bridgehead atoms. The van der Waals surface area contributed by atoms with Crippen LogP contribution in [0.15, 0.2) is 23.8 Å². The Labute approximate surface area is 89.0 Å². The Bertz CT molecular complexity index is 403. The lowest BCUT2D eigenvalue weighted by molar-refractivity contribution is -0.123. The van der Waals surface area contributed by atoms with E-state index in [2.05, 4.69) is 12.2 Å². The molecule has 0 aromatic rings. The lowest BCUT2D eigenvalue weighted by Crippen LogP contribution is -2.22. The first-order chi connectivity index (χ1) is 7.22. The van der Waals surface area contributed by atoms with Crippen LogP contribution in [0.25, 0.3) is 0 Å². The predicted octanol–water partition coefficient (Wildman–Crippen LogP) is 1.91. The highest BCUT2D eigenvalue weighted by molar-refractivity contribution is 6.22. The summed E-state index contributed by atoms with van der Waals surface area (Å²) in [6.07, 6.45) is 7.89. The third-order valence-corrected chi connectivity index (χ3v) is 4.07. The Balaban J connectivity index is 1.96. The van der Waals surface area contributed by atoms with Gasteiger partial charge in [-0.25, -0.2) is 0 Å². The number of rotatable bonds is 2. The van der Waals surface area contributed by atoms with Gasteiger partial charge in [-0.15, -0.1) is 0 Å². The van der Waals surface area contributed by atoms with Crippen molar-refractivity contribution >= 4 is 11.6 Å². The summed E-state index contributed by atoms with van der Waals surface area (Å²) in [7, 11) is 0. The van der Waals surface area contributed by atoms with E-state index >= 15 is 0 Å². The average molecular weight is 202 g/mol. The maximum Gasteiger partial charge on any atom is 0.170 e. The summed E-state index contributed by atoms with van der Waals surface area (Å²) in [6.45, 7) is 1.82. The Kier molecular flexibility index (Phi) is 1.76. The van der Waals surface area contributed by atoms with Crippen molar-refractivity contribution in [1.82, 2.24) is 0 Å². The predicted molar refractivity (Wildman–Crippen MR) is 56.1 cm³/mol. The second kappa shape index (κ2) is 2.91. The van der Waals surface area contributed by atoms with E-state index in [0.717, 1.165) is 6.42 Å². The zero-order valence-corrected chi connectivity index (χ0v) is 8.77. The summed E-state index contributed by atoms with van der Waals surface area (Å²) < 4.78 is 0. The first-order valence-corrected chi connectivity index (χ1v) is 5.70. The lowest BCUT2D eigenvalue weighted by atomic mass is 9.85. The standard InChI is InChI=1S/C13H14O2/c1-2-11(14)10-6-9-7-3-4-8(5-7)12(9)13(10)15/h3-4,6-9,12H,2,5H2,1H3. The second-order valence-corrected chi connectivity index (χ2v) is 4.77. The summed E-state index contributed by atoms with van der Waals surface area (Å²) in [5.41, 5.74) is 0.492. The molecule has 3 aliphatic rings. The maximum atomic E-state index is 12.1. The second-order valence-electron chi connectivity index (χ2n) is 4.77. The van der Waals surface area contributed by atoms with Crippen molar-refractivity contribution in [3.05, 3.63) is 23.8 Å². The lowest BCUT2D eigenvalue weighted by Gasteiger charge is -2.17. The molecule has 0 aromatic heterocycles. The molecule has 2 heteroatoms. The zero-order chi connectivity index (χ0) is 10.6. The largest absolute Gasteiger partial charge is 0.294 e. The van der Waals surface area contributed by atoms with E-state index in [0.29, 0.717) is 29.7 Å². The molecule has 0 heterocycles. The molecule has 4 atom stereocenters. The van der Waals surface area contributed by atoms with Gasteiger partial charge in [-0.3, -0.25) is 9.59 Å². The van der Waals surface area contributed by atoms with Crippen LogP contribution in [0.4, 0.5) is 0 Å². The molecule has 0 aromatic carbocycles. The number of carbonyl (C=O) groups excluding carboxylic acids is 2. The number of hydrogen-bond acceptors (Lipinski definition) is 2. The van der Waals surface area contributed by atoms with Crippen LogP contribution < -0.4 is 0 Å². The van der Waals surface area contributed by atoms with Gasteiger partial charge in [0.05, 0.1) is 5.57 Å². The van der Waals surface area contributed by atoms with Crippen LogP contribution in [0.2, 0.25) is 0 Å². The van der Waals surface area contributed by atoms with Crippen LogP contribution in [-0.2, 0) is 9.59 Å². The molecule has 78 valence electrons. The van der Waals surface area contributed by atoms with Crippen LogP contribution >= 0.6 is 0 Å². The molecule has 0 radical (unpaired) electrons. The topological polar surface area (TPSA) is 34.1 Å². The molecular weight excluding hydrogens is 188 g/mol. The minimum absolute atomic E-state index is 0.0220. The summed E-state index contributed by atoms with van der Waals surface area (Å²) in [5.74, 6) is 1.50.